The first-order chi connectivity index (χ1) is 29.5. The summed E-state index contributed by atoms with van der Waals surface area (Å²) >= 11 is 0. The second-order valence-corrected chi connectivity index (χ2v) is 15.0. The summed E-state index contributed by atoms with van der Waals surface area (Å²) in [6.45, 7) is 6.21. The standard InChI is InChI=1S/C54H84O6/c1-4-7-10-13-16-19-22-25-26-27-28-30-32-35-38-41-44-47-53(56)59-50-51(49-58-52(55)46-43-40-37-34-31-24-21-18-15-12-9-6-3)60-54(57)48-45-42-39-36-33-29-23-20-17-14-11-8-5-2/h8-9,11-12,14,16-21,23,25-26,29,31,33-34,36,39,51H,4-7,10,13,15,22,24,27-28,30,32,35,37-38,40-50H2,1-3H3/b11-8-,12-9-,17-14-,19-16-,21-18-,23-20-,26-25-,33-29-,34-31-,39-36-. The summed E-state index contributed by atoms with van der Waals surface area (Å²) in [5.74, 6) is -1.06. The van der Waals surface area contributed by atoms with Crippen molar-refractivity contribution in [3.8, 4) is 0 Å². The summed E-state index contributed by atoms with van der Waals surface area (Å²) in [4.78, 5) is 37.8. The first kappa shape index (κ1) is 55.8. The van der Waals surface area contributed by atoms with Crippen LogP contribution in [0.25, 0.3) is 0 Å². The minimum Gasteiger partial charge on any atom is -0.462 e. The van der Waals surface area contributed by atoms with Crippen molar-refractivity contribution in [3.63, 3.8) is 0 Å². The molecule has 0 aromatic heterocycles. The monoisotopic (exact) mass is 829 g/mol. The first-order valence-corrected chi connectivity index (χ1v) is 23.6. The van der Waals surface area contributed by atoms with Crippen molar-refractivity contribution in [2.24, 2.45) is 0 Å². The van der Waals surface area contributed by atoms with Gasteiger partial charge in [-0.3, -0.25) is 14.4 Å². The highest BCUT2D eigenvalue weighted by Gasteiger charge is 2.19. The molecule has 0 N–H and O–H groups in total. The Morgan fingerprint density at radius 1 is 0.367 bits per heavy atom. The highest BCUT2D eigenvalue weighted by atomic mass is 16.6. The number of hydrogen-bond donors (Lipinski definition) is 0. The summed E-state index contributed by atoms with van der Waals surface area (Å²) in [5.41, 5.74) is 0. The van der Waals surface area contributed by atoms with Crippen LogP contribution in [0.1, 0.15) is 181 Å². The molecule has 0 aliphatic rings. The van der Waals surface area contributed by atoms with E-state index in [0.717, 1.165) is 77.0 Å². The number of esters is 3. The van der Waals surface area contributed by atoms with E-state index in [1.165, 1.54) is 51.4 Å². The summed E-state index contributed by atoms with van der Waals surface area (Å²) in [7, 11) is 0. The molecule has 1 unspecified atom stereocenters. The Balaban J connectivity index is 4.55. The van der Waals surface area contributed by atoms with E-state index in [2.05, 4.69) is 87.6 Å². The number of carbonyl (C=O) groups is 3. The Labute approximate surface area is 367 Å². The van der Waals surface area contributed by atoms with Gasteiger partial charge in [0.25, 0.3) is 0 Å². The van der Waals surface area contributed by atoms with Gasteiger partial charge in [-0.25, -0.2) is 0 Å². The fourth-order valence-corrected chi connectivity index (χ4v) is 5.81. The zero-order valence-corrected chi connectivity index (χ0v) is 38.2. The van der Waals surface area contributed by atoms with Crippen LogP contribution in [0.3, 0.4) is 0 Å². The number of carbonyl (C=O) groups excluding carboxylic acids is 3. The van der Waals surface area contributed by atoms with Crippen molar-refractivity contribution in [2.45, 2.75) is 187 Å². The Hall–Kier alpha value is -4.19. The van der Waals surface area contributed by atoms with Crippen molar-refractivity contribution in [1.29, 1.82) is 0 Å². The lowest BCUT2D eigenvalue weighted by Gasteiger charge is -2.18. The van der Waals surface area contributed by atoms with Gasteiger partial charge in [0, 0.05) is 19.3 Å². The van der Waals surface area contributed by atoms with Crippen molar-refractivity contribution < 1.29 is 28.6 Å². The third-order valence-electron chi connectivity index (χ3n) is 9.31. The molecule has 0 spiro atoms. The fourth-order valence-electron chi connectivity index (χ4n) is 5.81. The maximum Gasteiger partial charge on any atom is 0.306 e. The molecule has 1 atom stereocenters. The van der Waals surface area contributed by atoms with Gasteiger partial charge in [0.2, 0.25) is 0 Å². The normalized spacial score (nSPS) is 13.2. The number of rotatable bonds is 40. The smallest absolute Gasteiger partial charge is 0.306 e. The van der Waals surface area contributed by atoms with Crippen LogP contribution in [0.15, 0.2) is 122 Å². The quantitative estimate of drug-likeness (QED) is 0.0201. The van der Waals surface area contributed by atoms with E-state index < -0.39 is 12.1 Å². The largest absolute Gasteiger partial charge is 0.462 e. The predicted molar refractivity (Wildman–Crippen MR) is 256 cm³/mol. The summed E-state index contributed by atoms with van der Waals surface area (Å²) in [6.07, 6.45) is 64.8. The van der Waals surface area contributed by atoms with E-state index in [4.69, 9.17) is 14.2 Å². The van der Waals surface area contributed by atoms with Crippen LogP contribution >= 0.6 is 0 Å². The lowest BCUT2D eigenvalue weighted by atomic mass is 10.1. The van der Waals surface area contributed by atoms with Gasteiger partial charge >= 0.3 is 17.9 Å². The topological polar surface area (TPSA) is 78.9 Å². The van der Waals surface area contributed by atoms with E-state index in [1.807, 2.05) is 54.7 Å². The van der Waals surface area contributed by atoms with Gasteiger partial charge in [-0.1, -0.05) is 187 Å². The zero-order chi connectivity index (χ0) is 43.7. The van der Waals surface area contributed by atoms with E-state index in [-0.39, 0.29) is 38.0 Å². The van der Waals surface area contributed by atoms with Crippen LogP contribution in [0.2, 0.25) is 0 Å². The van der Waals surface area contributed by atoms with Crippen LogP contribution in [0, 0.1) is 0 Å². The average molecular weight is 829 g/mol. The molecule has 0 amide bonds. The van der Waals surface area contributed by atoms with E-state index >= 15 is 0 Å². The Bertz CT molecular complexity index is 1320. The maximum absolute atomic E-state index is 12.7. The lowest BCUT2D eigenvalue weighted by Crippen LogP contribution is -2.30. The number of unbranched alkanes of at least 4 members (excludes halogenated alkanes) is 13. The molecule has 0 aliphatic heterocycles. The molecular weight excluding hydrogens is 745 g/mol. The molecule has 6 nitrogen and oxygen atoms in total. The van der Waals surface area contributed by atoms with E-state index in [9.17, 15) is 14.4 Å². The molecule has 0 saturated heterocycles. The van der Waals surface area contributed by atoms with Crippen LogP contribution in [-0.2, 0) is 28.6 Å². The molecular formula is C54H84O6. The first-order valence-electron chi connectivity index (χ1n) is 23.6. The van der Waals surface area contributed by atoms with Crippen LogP contribution < -0.4 is 0 Å². The second-order valence-electron chi connectivity index (χ2n) is 15.0. The Morgan fingerprint density at radius 2 is 0.750 bits per heavy atom. The summed E-state index contributed by atoms with van der Waals surface area (Å²) in [5, 5.41) is 0. The Morgan fingerprint density at radius 3 is 1.28 bits per heavy atom. The van der Waals surface area contributed by atoms with Gasteiger partial charge in [-0.05, 0) is 96.3 Å². The molecule has 0 rings (SSSR count). The van der Waals surface area contributed by atoms with Crippen LogP contribution in [0.4, 0.5) is 0 Å². The van der Waals surface area contributed by atoms with Gasteiger partial charge in [0.15, 0.2) is 6.10 Å². The minimum absolute atomic E-state index is 0.127. The molecule has 0 saturated carbocycles. The molecule has 0 aromatic rings. The van der Waals surface area contributed by atoms with Crippen LogP contribution in [0.5, 0.6) is 0 Å². The van der Waals surface area contributed by atoms with Gasteiger partial charge in [-0.2, -0.15) is 0 Å². The van der Waals surface area contributed by atoms with Crippen LogP contribution in [-0.4, -0.2) is 37.2 Å². The summed E-state index contributed by atoms with van der Waals surface area (Å²) in [6, 6.07) is 0. The fraction of sp³-hybridized carbons (Fsp3) is 0.574. The second kappa shape index (κ2) is 47.5. The van der Waals surface area contributed by atoms with Crippen molar-refractivity contribution in [3.05, 3.63) is 122 Å². The number of ether oxygens (including phenoxy) is 3. The molecule has 0 radical (unpaired) electrons. The summed E-state index contributed by atoms with van der Waals surface area (Å²) < 4.78 is 16.6. The molecule has 6 heteroatoms. The molecule has 60 heavy (non-hydrogen) atoms. The van der Waals surface area contributed by atoms with Crippen molar-refractivity contribution >= 4 is 17.9 Å². The highest BCUT2D eigenvalue weighted by Crippen LogP contribution is 2.12. The number of hydrogen-bond acceptors (Lipinski definition) is 6. The molecule has 0 aliphatic carbocycles. The average Bonchev–Trinajstić information content (AvgIpc) is 3.24. The minimum atomic E-state index is -0.836. The number of allylic oxidation sites excluding steroid dienone is 20. The zero-order valence-electron chi connectivity index (χ0n) is 38.2. The molecule has 0 heterocycles. The van der Waals surface area contributed by atoms with Gasteiger partial charge in [0.05, 0.1) is 0 Å². The molecule has 0 bridgehead atoms. The van der Waals surface area contributed by atoms with E-state index in [0.29, 0.717) is 19.3 Å². The lowest BCUT2D eigenvalue weighted by molar-refractivity contribution is -0.167. The van der Waals surface area contributed by atoms with Gasteiger partial charge in [0.1, 0.15) is 13.2 Å². The third-order valence-corrected chi connectivity index (χ3v) is 9.31. The van der Waals surface area contributed by atoms with E-state index in [1.54, 1.807) is 0 Å². The SMILES string of the molecule is CC\C=C/C=C\C=C/C=C\C=C/CCCC(=O)OC(COC(=O)CCCC/C=C\C/C=C\C/C=C\CC)COC(=O)CCCCCCCCC/C=C\C/C=C\CCCCC. The van der Waals surface area contributed by atoms with Gasteiger partial charge < -0.3 is 14.2 Å². The third kappa shape index (κ3) is 44.9. The molecule has 0 aromatic carbocycles. The maximum atomic E-state index is 12.7. The Kier molecular flexibility index (Phi) is 44.2. The molecule has 336 valence electrons. The van der Waals surface area contributed by atoms with Crippen molar-refractivity contribution in [1.82, 2.24) is 0 Å². The molecule has 0 fully saturated rings. The van der Waals surface area contributed by atoms with Gasteiger partial charge in [-0.15, -0.1) is 0 Å². The highest BCUT2D eigenvalue weighted by molar-refractivity contribution is 5.71. The van der Waals surface area contributed by atoms with Crippen molar-refractivity contribution in [2.75, 3.05) is 13.2 Å². The predicted octanol–water partition coefficient (Wildman–Crippen LogP) is 15.4.